The van der Waals surface area contributed by atoms with Crippen molar-refractivity contribution in [2.24, 2.45) is 5.73 Å². The van der Waals surface area contributed by atoms with Crippen molar-refractivity contribution in [2.75, 3.05) is 6.54 Å². The second-order valence-electron chi connectivity index (χ2n) is 4.70. The Morgan fingerprint density at radius 3 is 2.61 bits per heavy atom. The number of nitrogens with zero attached hydrogens (tertiary/aromatic N) is 1. The Kier molecular flexibility index (Phi) is 3.77. The highest BCUT2D eigenvalue weighted by molar-refractivity contribution is 6.06. The lowest BCUT2D eigenvalue weighted by Crippen LogP contribution is -2.39. The van der Waals surface area contributed by atoms with Crippen LogP contribution in [-0.4, -0.2) is 29.3 Å². The van der Waals surface area contributed by atoms with E-state index in [2.05, 4.69) is 0 Å². The molecule has 2 N–H and O–H groups in total. The van der Waals surface area contributed by atoms with Gasteiger partial charge in [-0.3, -0.25) is 14.5 Å². The first-order valence-corrected chi connectivity index (χ1v) is 6.26. The van der Waals surface area contributed by atoms with Gasteiger partial charge in [-0.1, -0.05) is 30.3 Å². The van der Waals surface area contributed by atoms with Crippen LogP contribution in [0.15, 0.2) is 30.3 Å². The number of hydrogen-bond donors (Lipinski definition) is 1. The van der Waals surface area contributed by atoms with Gasteiger partial charge in [-0.2, -0.15) is 0 Å². The molecule has 2 atom stereocenters. The van der Waals surface area contributed by atoms with Gasteiger partial charge in [-0.15, -0.1) is 0 Å². The van der Waals surface area contributed by atoms with Crippen molar-refractivity contribution in [3.63, 3.8) is 0 Å². The third-order valence-electron chi connectivity index (χ3n) is 3.41. The molecule has 0 radical (unpaired) electrons. The van der Waals surface area contributed by atoms with Gasteiger partial charge in [0, 0.05) is 12.5 Å². The molecule has 4 nitrogen and oxygen atoms in total. The predicted molar refractivity (Wildman–Crippen MR) is 68.8 cm³/mol. The number of likely N-dealkylation sites (tertiary alicyclic amines) is 1. The molecule has 2 unspecified atom stereocenters. The Balaban J connectivity index is 2.19. The van der Waals surface area contributed by atoms with Crippen LogP contribution >= 0.6 is 0 Å². The maximum absolute atomic E-state index is 12.3. The Morgan fingerprint density at radius 2 is 2.00 bits per heavy atom. The normalized spacial score (nSPS) is 21.4. The highest BCUT2D eigenvalue weighted by Gasteiger charge is 2.41. The smallest absolute Gasteiger partial charge is 0.237 e. The zero-order chi connectivity index (χ0) is 13.1. The van der Waals surface area contributed by atoms with Crippen LogP contribution in [0.25, 0.3) is 0 Å². The third-order valence-corrected chi connectivity index (χ3v) is 3.41. The topological polar surface area (TPSA) is 63.4 Å². The van der Waals surface area contributed by atoms with Gasteiger partial charge in [-0.05, 0) is 25.5 Å². The summed E-state index contributed by atoms with van der Waals surface area (Å²) in [4.78, 5) is 25.6. The summed E-state index contributed by atoms with van der Waals surface area (Å²) in [6.45, 7) is 2.35. The monoisotopic (exact) mass is 246 g/mol. The van der Waals surface area contributed by atoms with Crippen LogP contribution in [0.1, 0.15) is 31.2 Å². The second-order valence-corrected chi connectivity index (χ2v) is 4.70. The number of carbonyl (C=O) groups excluding carboxylic acids is 2. The fourth-order valence-electron chi connectivity index (χ4n) is 2.43. The van der Waals surface area contributed by atoms with Gasteiger partial charge in [0.15, 0.2) is 0 Å². The highest BCUT2D eigenvalue weighted by Crippen LogP contribution is 2.31. The molecule has 1 aliphatic heterocycles. The van der Waals surface area contributed by atoms with Crippen LogP contribution in [-0.2, 0) is 9.59 Å². The van der Waals surface area contributed by atoms with E-state index in [0.29, 0.717) is 13.0 Å². The first-order chi connectivity index (χ1) is 8.65. The molecule has 1 aromatic rings. The molecule has 0 bridgehead atoms. The van der Waals surface area contributed by atoms with E-state index in [9.17, 15) is 9.59 Å². The van der Waals surface area contributed by atoms with Crippen molar-refractivity contribution in [1.29, 1.82) is 0 Å². The summed E-state index contributed by atoms with van der Waals surface area (Å²) >= 11 is 0. The number of imide groups is 1. The molecule has 2 amide bonds. The van der Waals surface area contributed by atoms with Gasteiger partial charge < -0.3 is 5.73 Å². The Hall–Kier alpha value is -1.68. The third kappa shape index (κ3) is 2.29. The van der Waals surface area contributed by atoms with Crippen LogP contribution in [0.4, 0.5) is 0 Å². The fraction of sp³-hybridized carbons (Fsp3) is 0.429. The molecule has 0 aromatic heterocycles. The summed E-state index contributed by atoms with van der Waals surface area (Å²) in [5, 5.41) is 0. The maximum Gasteiger partial charge on any atom is 0.237 e. The molecule has 2 rings (SSSR count). The minimum Gasteiger partial charge on any atom is -0.330 e. The summed E-state index contributed by atoms with van der Waals surface area (Å²) in [7, 11) is 0. The molecule has 18 heavy (non-hydrogen) atoms. The summed E-state index contributed by atoms with van der Waals surface area (Å²) in [5.41, 5.74) is 6.40. The van der Waals surface area contributed by atoms with Crippen LogP contribution in [0.3, 0.4) is 0 Å². The largest absolute Gasteiger partial charge is 0.330 e. The van der Waals surface area contributed by atoms with E-state index in [1.165, 1.54) is 4.90 Å². The molecule has 0 spiro atoms. The fourth-order valence-corrected chi connectivity index (χ4v) is 2.43. The molecular formula is C14H18N2O2. The van der Waals surface area contributed by atoms with Gasteiger partial charge in [-0.25, -0.2) is 0 Å². The Bertz CT molecular complexity index is 444. The average Bonchev–Trinajstić information content (AvgIpc) is 2.66. The van der Waals surface area contributed by atoms with Gasteiger partial charge in [0.25, 0.3) is 0 Å². The number of nitrogens with two attached hydrogens (primary N) is 1. The summed E-state index contributed by atoms with van der Waals surface area (Å²) < 4.78 is 0. The zero-order valence-corrected chi connectivity index (χ0v) is 10.5. The molecule has 0 saturated carbocycles. The zero-order valence-electron chi connectivity index (χ0n) is 10.5. The molecule has 0 aliphatic carbocycles. The van der Waals surface area contributed by atoms with Crippen molar-refractivity contribution < 1.29 is 9.59 Å². The molecule has 1 saturated heterocycles. The van der Waals surface area contributed by atoms with Crippen LogP contribution < -0.4 is 5.73 Å². The van der Waals surface area contributed by atoms with Gasteiger partial charge in [0.2, 0.25) is 11.8 Å². The minimum atomic E-state index is -0.320. The number of carbonyl (C=O) groups is 2. The second kappa shape index (κ2) is 5.31. The van der Waals surface area contributed by atoms with Gasteiger partial charge in [0.1, 0.15) is 0 Å². The van der Waals surface area contributed by atoms with Crippen molar-refractivity contribution in [2.45, 2.75) is 31.7 Å². The lowest BCUT2D eigenvalue weighted by Gasteiger charge is -2.22. The summed E-state index contributed by atoms with van der Waals surface area (Å²) in [5.74, 6) is -0.499. The van der Waals surface area contributed by atoms with E-state index in [4.69, 9.17) is 5.73 Å². The standard InChI is InChI=1S/C14H18N2O2/c1-10(7-8-15)16-13(17)9-12(14(16)18)11-5-3-2-4-6-11/h2-6,10,12H,7-9,15H2,1H3. The Morgan fingerprint density at radius 1 is 1.33 bits per heavy atom. The number of benzene rings is 1. The highest BCUT2D eigenvalue weighted by atomic mass is 16.2. The number of amides is 2. The molecule has 1 aromatic carbocycles. The van der Waals surface area contributed by atoms with Crippen LogP contribution in [0.2, 0.25) is 0 Å². The first kappa shape index (κ1) is 12.8. The van der Waals surface area contributed by atoms with Crippen molar-refractivity contribution >= 4 is 11.8 Å². The molecule has 96 valence electrons. The molecular weight excluding hydrogens is 228 g/mol. The average molecular weight is 246 g/mol. The van der Waals surface area contributed by atoms with Crippen molar-refractivity contribution in [1.82, 2.24) is 4.90 Å². The van der Waals surface area contributed by atoms with Gasteiger partial charge >= 0.3 is 0 Å². The van der Waals surface area contributed by atoms with Crippen molar-refractivity contribution in [3.8, 4) is 0 Å². The SMILES string of the molecule is CC(CCN)N1C(=O)CC(c2ccccc2)C1=O. The lowest BCUT2D eigenvalue weighted by atomic mass is 9.98. The number of hydrogen-bond acceptors (Lipinski definition) is 3. The quantitative estimate of drug-likeness (QED) is 0.814. The summed E-state index contributed by atoms with van der Waals surface area (Å²) in [6, 6.07) is 9.36. The Labute approximate surface area is 107 Å². The van der Waals surface area contributed by atoms with E-state index < -0.39 is 0 Å². The van der Waals surface area contributed by atoms with E-state index in [1.807, 2.05) is 37.3 Å². The van der Waals surface area contributed by atoms with Crippen LogP contribution in [0, 0.1) is 0 Å². The molecule has 4 heteroatoms. The molecule has 1 aliphatic rings. The molecule has 1 heterocycles. The number of rotatable bonds is 4. The van der Waals surface area contributed by atoms with Crippen LogP contribution in [0.5, 0.6) is 0 Å². The van der Waals surface area contributed by atoms with E-state index >= 15 is 0 Å². The van der Waals surface area contributed by atoms with Crippen molar-refractivity contribution in [3.05, 3.63) is 35.9 Å². The maximum atomic E-state index is 12.3. The summed E-state index contributed by atoms with van der Waals surface area (Å²) in [6.07, 6.45) is 0.927. The minimum absolute atomic E-state index is 0.0881. The first-order valence-electron chi connectivity index (χ1n) is 6.26. The van der Waals surface area contributed by atoms with E-state index in [0.717, 1.165) is 5.56 Å². The lowest BCUT2D eigenvalue weighted by molar-refractivity contribution is -0.141. The van der Waals surface area contributed by atoms with E-state index in [-0.39, 0.29) is 30.2 Å². The van der Waals surface area contributed by atoms with Gasteiger partial charge in [0.05, 0.1) is 5.92 Å². The molecule has 1 fully saturated rings. The van der Waals surface area contributed by atoms with E-state index in [1.54, 1.807) is 0 Å². The predicted octanol–water partition coefficient (Wildman–Crippen LogP) is 1.27.